The van der Waals surface area contributed by atoms with Gasteiger partial charge < -0.3 is 10.1 Å². The molecule has 0 radical (unpaired) electrons. The van der Waals surface area contributed by atoms with E-state index < -0.39 is 0 Å². The third kappa shape index (κ3) is 2.65. The molecule has 1 aliphatic carbocycles. The summed E-state index contributed by atoms with van der Waals surface area (Å²) < 4.78 is 20.1. The largest absolute Gasteiger partial charge is 0.490 e. The molecule has 0 saturated heterocycles. The minimum Gasteiger partial charge on any atom is -0.490 e. The third-order valence-corrected chi connectivity index (χ3v) is 5.02. The smallest absolute Gasteiger partial charge is 0.128 e. The van der Waals surface area contributed by atoms with E-state index in [4.69, 9.17) is 4.74 Å². The fourth-order valence-electron chi connectivity index (χ4n) is 3.28. The summed E-state index contributed by atoms with van der Waals surface area (Å²) in [5, 5.41) is 3.37. The van der Waals surface area contributed by atoms with E-state index in [9.17, 15) is 4.39 Å². The van der Waals surface area contributed by atoms with Crippen LogP contribution in [0, 0.1) is 11.2 Å². The molecule has 0 spiro atoms. The Morgan fingerprint density at radius 1 is 1.37 bits per heavy atom. The molecule has 1 saturated carbocycles. The summed E-state index contributed by atoms with van der Waals surface area (Å²) in [7, 11) is 2.00. The molecule has 4 heteroatoms. The maximum atomic E-state index is 13.4. The molecule has 1 N–H and O–H groups in total. The Morgan fingerprint density at radius 2 is 2.05 bits per heavy atom. The quantitative estimate of drug-likeness (QED) is 0.876. The van der Waals surface area contributed by atoms with Gasteiger partial charge in [0, 0.05) is 28.4 Å². The molecule has 0 amide bonds. The SMILES string of the molecule is CCC1(CC)C(NC)CC1Oc1cc(F)cc(Br)c1. The first-order chi connectivity index (χ1) is 9.05. The first kappa shape index (κ1) is 14.8. The highest BCUT2D eigenvalue weighted by molar-refractivity contribution is 9.10. The van der Waals surface area contributed by atoms with Gasteiger partial charge in [0.2, 0.25) is 0 Å². The summed E-state index contributed by atoms with van der Waals surface area (Å²) in [4.78, 5) is 0. The molecular weight excluding hydrogens is 309 g/mol. The van der Waals surface area contributed by atoms with E-state index in [1.165, 1.54) is 12.1 Å². The van der Waals surface area contributed by atoms with Crippen LogP contribution in [-0.4, -0.2) is 19.2 Å². The molecule has 0 aliphatic heterocycles. The predicted molar refractivity (Wildman–Crippen MR) is 79.0 cm³/mol. The van der Waals surface area contributed by atoms with Gasteiger partial charge in [0.15, 0.2) is 0 Å². The van der Waals surface area contributed by atoms with Crippen LogP contribution in [0.3, 0.4) is 0 Å². The van der Waals surface area contributed by atoms with Crippen molar-refractivity contribution in [2.45, 2.75) is 45.3 Å². The van der Waals surface area contributed by atoms with Crippen LogP contribution in [-0.2, 0) is 0 Å². The number of ether oxygens (including phenoxy) is 1. The summed E-state index contributed by atoms with van der Waals surface area (Å²) in [5.41, 5.74) is 0.160. The number of nitrogens with one attached hydrogen (secondary N) is 1. The molecular formula is C15H21BrFNO. The molecule has 1 aromatic rings. The van der Waals surface area contributed by atoms with Crippen LogP contribution in [0.15, 0.2) is 22.7 Å². The third-order valence-electron chi connectivity index (χ3n) is 4.56. The van der Waals surface area contributed by atoms with Crippen molar-refractivity contribution in [3.63, 3.8) is 0 Å². The average Bonchev–Trinajstić information content (AvgIpc) is 2.34. The Balaban J connectivity index is 2.15. The van der Waals surface area contributed by atoms with Crippen molar-refractivity contribution in [1.82, 2.24) is 5.32 Å². The van der Waals surface area contributed by atoms with Crippen molar-refractivity contribution in [3.8, 4) is 5.75 Å². The molecule has 1 fully saturated rings. The fourth-order valence-corrected chi connectivity index (χ4v) is 3.72. The lowest BCUT2D eigenvalue weighted by Crippen LogP contribution is -2.63. The van der Waals surface area contributed by atoms with Gasteiger partial charge in [-0.3, -0.25) is 0 Å². The molecule has 19 heavy (non-hydrogen) atoms. The number of rotatable bonds is 5. The van der Waals surface area contributed by atoms with Crippen molar-refractivity contribution in [1.29, 1.82) is 0 Å². The van der Waals surface area contributed by atoms with Crippen molar-refractivity contribution in [2.24, 2.45) is 5.41 Å². The molecule has 2 rings (SSSR count). The molecule has 2 unspecified atom stereocenters. The molecule has 106 valence electrons. The zero-order valence-electron chi connectivity index (χ0n) is 11.7. The zero-order valence-corrected chi connectivity index (χ0v) is 13.3. The van der Waals surface area contributed by atoms with Gasteiger partial charge in [0.1, 0.15) is 17.7 Å². The van der Waals surface area contributed by atoms with Crippen LogP contribution < -0.4 is 10.1 Å². The summed E-state index contributed by atoms with van der Waals surface area (Å²) >= 11 is 3.30. The Labute approximate surface area is 122 Å². The summed E-state index contributed by atoms with van der Waals surface area (Å²) in [6.07, 6.45) is 3.27. The Morgan fingerprint density at radius 3 is 2.58 bits per heavy atom. The minimum atomic E-state index is -0.271. The highest BCUT2D eigenvalue weighted by Crippen LogP contribution is 2.48. The molecule has 1 aromatic carbocycles. The minimum absolute atomic E-state index is 0.160. The van der Waals surface area contributed by atoms with Gasteiger partial charge >= 0.3 is 0 Å². The maximum Gasteiger partial charge on any atom is 0.128 e. The van der Waals surface area contributed by atoms with E-state index in [0.29, 0.717) is 16.3 Å². The molecule has 1 aliphatic rings. The summed E-state index contributed by atoms with van der Waals surface area (Å²) in [5.74, 6) is 0.338. The van der Waals surface area contributed by atoms with Crippen LogP contribution >= 0.6 is 15.9 Å². The van der Waals surface area contributed by atoms with Crippen LogP contribution in [0.5, 0.6) is 5.75 Å². The fraction of sp³-hybridized carbons (Fsp3) is 0.600. The van der Waals surface area contributed by atoms with E-state index in [0.717, 1.165) is 19.3 Å². The average molecular weight is 330 g/mol. The van der Waals surface area contributed by atoms with Gasteiger partial charge in [-0.1, -0.05) is 29.8 Å². The second-order valence-electron chi connectivity index (χ2n) is 5.23. The van der Waals surface area contributed by atoms with Gasteiger partial charge in [0.25, 0.3) is 0 Å². The Hall–Kier alpha value is -0.610. The van der Waals surface area contributed by atoms with Crippen LogP contribution in [0.25, 0.3) is 0 Å². The number of benzene rings is 1. The monoisotopic (exact) mass is 329 g/mol. The molecule has 2 nitrogen and oxygen atoms in total. The zero-order chi connectivity index (χ0) is 14.0. The van der Waals surface area contributed by atoms with Crippen LogP contribution in [0.4, 0.5) is 4.39 Å². The van der Waals surface area contributed by atoms with E-state index in [-0.39, 0.29) is 17.3 Å². The lowest BCUT2D eigenvalue weighted by Gasteiger charge is -2.55. The molecule has 0 bridgehead atoms. The normalized spacial score (nSPS) is 24.9. The molecule has 0 heterocycles. The van der Waals surface area contributed by atoms with E-state index in [2.05, 4.69) is 35.1 Å². The number of hydrogen-bond acceptors (Lipinski definition) is 2. The highest BCUT2D eigenvalue weighted by atomic mass is 79.9. The first-order valence-electron chi connectivity index (χ1n) is 6.85. The lowest BCUT2D eigenvalue weighted by atomic mass is 9.58. The second-order valence-corrected chi connectivity index (χ2v) is 6.14. The van der Waals surface area contributed by atoms with E-state index in [1.807, 2.05) is 13.1 Å². The second kappa shape index (κ2) is 5.80. The van der Waals surface area contributed by atoms with Crippen molar-refractivity contribution < 1.29 is 9.13 Å². The van der Waals surface area contributed by atoms with Crippen molar-refractivity contribution in [2.75, 3.05) is 7.05 Å². The van der Waals surface area contributed by atoms with Gasteiger partial charge in [0.05, 0.1) is 0 Å². The first-order valence-corrected chi connectivity index (χ1v) is 7.65. The maximum absolute atomic E-state index is 13.4. The molecule has 2 atom stereocenters. The van der Waals surface area contributed by atoms with Gasteiger partial charge in [-0.2, -0.15) is 0 Å². The lowest BCUT2D eigenvalue weighted by molar-refractivity contribution is -0.0837. The Kier molecular flexibility index (Phi) is 4.51. The summed E-state index contributed by atoms with van der Waals surface area (Å²) in [6.45, 7) is 4.40. The topological polar surface area (TPSA) is 21.3 Å². The number of hydrogen-bond donors (Lipinski definition) is 1. The van der Waals surface area contributed by atoms with Gasteiger partial charge in [-0.15, -0.1) is 0 Å². The van der Waals surface area contributed by atoms with Crippen LogP contribution in [0.1, 0.15) is 33.1 Å². The van der Waals surface area contributed by atoms with Crippen molar-refractivity contribution in [3.05, 3.63) is 28.5 Å². The van der Waals surface area contributed by atoms with Gasteiger partial charge in [-0.25, -0.2) is 4.39 Å². The predicted octanol–water partition coefficient (Wildman–Crippen LogP) is 4.13. The standard InChI is InChI=1S/C15H21BrFNO/c1-4-15(5-2)13(18-3)9-14(15)19-12-7-10(16)6-11(17)8-12/h6-8,13-14,18H,4-5,9H2,1-3H3. The van der Waals surface area contributed by atoms with Crippen molar-refractivity contribution >= 4 is 15.9 Å². The highest BCUT2D eigenvalue weighted by Gasteiger charge is 2.53. The Bertz CT molecular complexity index is 428. The number of halogens is 2. The molecule has 0 aromatic heterocycles. The van der Waals surface area contributed by atoms with Gasteiger partial charge in [-0.05, 0) is 32.0 Å². The van der Waals surface area contributed by atoms with Crippen LogP contribution in [0.2, 0.25) is 0 Å². The van der Waals surface area contributed by atoms with E-state index >= 15 is 0 Å². The van der Waals surface area contributed by atoms with E-state index in [1.54, 1.807) is 0 Å². The summed E-state index contributed by atoms with van der Waals surface area (Å²) in [6, 6.07) is 5.21.